The Morgan fingerprint density at radius 3 is 2.35 bits per heavy atom. The second kappa shape index (κ2) is 13.3. The van der Waals surface area contributed by atoms with Gasteiger partial charge in [-0.3, -0.25) is 4.99 Å². The zero-order valence-corrected chi connectivity index (χ0v) is 19.4. The third-order valence-electron chi connectivity index (χ3n) is 3.62. The molecule has 1 aromatic rings. The molecule has 8 heteroatoms. The molecule has 0 unspecified atom stereocenters. The number of sulfonamides is 1. The summed E-state index contributed by atoms with van der Waals surface area (Å²) >= 11 is 0. The topological polar surface area (TPSA) is 82.6 Å². The minimum absolute atomic E-state index is 0. The quantitative estimate of drug-likeness (QED) is 0.201. The maximum Gasteiger partial charge on any atom is 0.216 e. The van der Waals surface area contributed by atoms with Crippen LogP contribution < -0.4 is 15.4 Å². The molecule has 6 nitrogen and oxygen atoms in total. The van der Waals surface area contributed by atoms with E-state index in [0.29, 0.717) is 6.54 Å². The van der Waals surface area contributed by atoms with Crippen molar-refractivity contribution in [1.29, 1.82) is 0 Å². The van der Waals surface area contributed by atoms with Crippen molar-refractivity contribution < 1.29 is 8.42 Å². The minimum Gasteiger partial charge on any atom is -0.356 e. The van der Waals surface area contributed by atoms with E-state index >= 15 is 0 Å². The van der Waals surface area contributed by atoms with Gasteiger partial charge in [0.2, 0.25) is 10.0 Å². The van der Waals surface area contributed by atoms with E-state index in [2.05, 4.69) is 27.3 Å². The molecule has 0 aliphatic rings. The molecular weight excluding hydrogens is 463 g/mol. The molecule has 0 saturated heterocycles. The van der Waals surface area contributed by atoms with Crippen LogP contribution in [0.4, 0.5) is 0 Å². The lowest BCUT2D eigenvalue weighted by atomic mass is 10.1. The van der Waals surface area contributed by atoms with Crippen molar-refractivity contribution in [3.63, 3.8) is 0 Å². The molecule has 0 radical (unpaired) electrons. The van der Waals surface area contributed by atoms with Crippen LogP contribution in [0.5, 0.6) is 0 Å². The van der Waals surface area contributed by atoms with Crippen LogP contribution in [0.2, 0.25) is 0 Å². The first-order valence-electron chi connectivity index (χ1n) is 8.89. The Bertz CT molecular complexity index is 648. The van der Waals surface area contributed by atoms with Gasteiger partial charge in [-0.25, -0.2) is 13.1 Å². The molecule has 0 aliphatic carbocycles. The standard InChI is InChI=1S/C18H32N4O2S.HI/c1-5-6-9-12-20-18(19-4)21-13-16-10-7-8-11-17(16)14-25(23,24)22-15(2)3;/h7-8,10-11,15,22H,5-6,9,12-14H2,1-4H3,(H2,19,20,21);1H. The Labute approximate surface area is 175 Å². The molecule has 3 N–H and O–H groups in total. The van der Waals surface area contributed by atoms with Gasteiger partial charge in [-0.15, -0.1) is 24.0 Å². The Morgan fingerprint density at radius 1 is 1.12 bits per heavy atom. The van der Waals surface area contributed by atoms with Gasteiger partial charge in [0.15, 0.2) is 5.96 Å². The van der Waals surface area contributed by atoms with Gasteiger partial charge in [0.25, 0.3) is 0 Å². The lowest BCUT2D eigenvalue weighted by Gasteiger charge is -2.15. The number of rotatable bonds is 10. The number of aliphatic imine (C=N–C) groups is 1. The summed E-state index contributed by atoms with van der Waals surface area (Å²) in [7, 11) is -1.61. The van der Waals surface area contributed by atoms with E-state index in [4.69, 9.17) is 0 Å². The van der Waals surface area contributed by atoms with Crippen LogP contribution >= 0.6 is 24.0 Å². The number of hydrogen-bond acceptors (Lipinski definition) is 3. The molecule has 0 heterocycles. The van der Waals surface area contributed by atoms with E-state index in [1.165, 1.54) is 12.8 Å². The summed E-state index contributed by atoms with van der Waals surface area (Å²) < 4.78 is 27.0. The lowest BCUT2D eigenvalue weighted by molar-refractivity contribution is 0.568. The Morgan fingerprint density at radius 2 is 1.77 bits per heavy atom. The maximum atomic E-state index is 12.2. The number of nitrogens with one attached hydrogen (secondary N) is 3. The summed E-state index contributed by atoms with van der Waals surface area (Å²) in [5.74, 6) is 0.708. The Hall–Kier alpha value is -0.870. The molecule has 0 atom stereocenters. The number of benzene rings is 1. The smallest absolute Gasteiger partial charge is 0.216 e. The Kier molecular flexibility index (Phi) is 12.9. The highest BCUT2D eigenvalue weighted by Gasteiger charge is 2.15. The fourth-order valence-electron chi connectivity index (χ4n) is 2.46. The van der Waals surface area contributed by atoms with Crippen LogP contribution in [0, 0.1) is 0 Å². The molecule has 0 spiro atoms. The lowest BCUT2D eigenvalue weighted by Crippen LogP contribution is -2.37. The average molecular weight is 496 g/mol. The average Bonchev–Trinajstić information content (AvgIpc) is 2.54. The highest BCUT2D eigenvalue weighted by atomic mass is 127. The predicted octanol–water partition coefficient (Wildman–Crippen LogP) is 2.99. The van der Waals surface area contributed by atoms with Gasteiger partial charge in [-0.1, -0.05) is 44.0 Å². The molecule has 150 valence electrons. The van der Waals surface area contributed by atoms with Crippen LogP contribution in [0.25, 0.3) is 0 Å². The van der Waals surface area contributed by atoms with Crippen LogP contribution in [-0.4, -0.2) is 34.0 Å². The number of hydrogen-bond donors (Lipinski definition) is 3. The van der Waals surface area contributed by atoms with Gasteiger partial charge >= 0.3 is 0 Å². The molecule has 0 bridgehead atoms. The largest absolute Gasteiger partial charge is 0.356 e. The van der Waals surface area contributed by atoms with Crippen molar-refractivity contribution >= 4 is 40.0 Å². The number of unbranched alkanes of at least 4 members (excludes halogenated alkanes) is 2. The van der Waals surface area contributed by atoms with E-state index in [-0.39, 0.29) is 35.8 Å². The van der Waals surface area contributed by atoms with Crippen LogP contribution in [0.3, 0.4) is 0 Å². The van der Waals surface area contributed by atoms with Crippen molar-refractivity contribution in [2.75, 3.05) is 13.6 Å². The second-order valence-corrected chi connectivity index (χ2v) is 8.11. The van der Waals surface area contributed by atoms with Gasteiger partial charge < -0.3 is 10.6 Å². The monoisotopic (exact) mass is 496 g/mol. The second-order valence-electron chi connectivity index (χ2n) is 6.36. The van der Waals surface area contributed by atoms with Crippen molar-refractivity contribution in [2.24, 2.45) is 4.99 Å². The van der Waals surface area contributed by atoms with Crippen molar-refractivity contribution in [2.45, 2.75) is 58.4 Å². The zero-order valence-electron chi connectivity index (χ0n) is 16.2. The Balaban J connectivity index is 0.00000625. The third kappa shape index (κ3) is 10.3. The summed E-state index contributed by atoms with van der Waals surface area (Å²) in [6.07, 6.45) is 3.47. The van der Waals surface area contributed by atoms with Gasteiger partial charge in [0.05, 0.1) is 5.75 Å². The van der Waals surface area contributed by atoms with E-state index in [0.717, 1.165) is 30.1 Å². The minimum atomic E-state index is -3.34. The molecular formula is C18H33IN4O2S. The van der Waals surface area contributed by atoms with Gasteiger partial charge in [0.1, 0.15) is 0 Å². The van der Waals surface area contributed by atoms with Crippen molar-refractivity contribution in [3.05, 3.63) is 35.4 Å². The summed E-state index contributed by atoms with van der Waals surface area (Å²) in [6, 6.07) is 7.47. The molecule has 0 fully saturated rings. The first-order chi connectivity index (χ1) is 11.9. The zero-order chi connectivity index (χ0) is 18.7. The fraction of sp³-hybridized carbons (Fsp3) is 0.611. The highest BCUT2D eigenvalue weighted by Crippen LogP contribution is 2.12. The number of halogens is 1. The molecule has 26 heavy (non-hydrogen) atoms. The van der Waals surface area contributed by atoms with Crippen LogP contribution in [0.15, 0.2) is 29.3 Å². The molecule has 0 saturated carbocycles. The molecule has 0 aliphatic heterocycles. The van der Waals surface area contributed by atoms with Crippen molar-refractivity contribution in [1.82, 2.24) is 15.4 Å². The number of nitrogens with zero attached hydrogens (tertiary/aromatic N) is 1. The summed E-state index contributed by atoms with van der Waals surface area (Å²) in [5.41, 5.74) is 1.75. The number of guanidine groups is 1. The van der Waals surface area contributed by atoms with Gasteiger partial charge in [-0.2, -0.15) is 0 Å². The molecule has 1 rings (SSSR count). The van der Waals surface area contributed by atoms with Crippen LogP contribution in [-0.2, 0) is 22.3 Å². The van der Waals surface area contributed by atoms with Crippen molar-refractivity contribution in [3.8, 4) is 0 Å². The highest BCUT2D eigenvalue weighted by molar-refractivity contribution is 14.0. The van der Waals surface area contributed by atoms with E-state index < -0.39 is 10.0 Å². The fourth-order valence-corrected chi connectivity index (χ4v) is 3.95. The summed E-state index contributed by atoms with van der Waals surface area (Å²) in [5, 5.41) is 6.53. The van der Waals surface area contributed by atoms with Gasteiger partial charge in [-0.05, 0) is 31.4 Å². The molecule has 0 aromatic heterocycles. The van der Waals surface area contributed by atoms with Gasteiger partial charge in [0, 0.05) is 26.2 Å². The third-order valence-corrected chi connectivity index (χ3v) is 5.14. The first kappa shape index (κ1) is 25.1. The predicted molar refractivity (Wildman–Crippen MR) is 120 cm³/mol. The first-order valence-corrected chi connectivity index (χ1v) is 10.5. The van der Waals surface area contributed by atoms with E-state index in [1.807, 2.05) is 38.1 Å². The maximum absolute atomic E-state index is 12.2. The molecule has 1 aromatic carbocycles. The van der Waals surface area contributed by atoms with E-state index in [9.17, 15) is 8.42 Å². The van der Waals surface area contributed by atoms with E-state index in [1.54, 1.807) is 7.05 Å². The SMILES string of the molecule is CCCCCNC(=NC)NCc1ccccc1CS(=O)(=O)NC(C)C.I. The van der Waals surface area contributed by atoms with Crippen LogP contribution in [0.1, 0.15) is 51.2 Å². The summed E-state index contributed by atoms with van der Waals surface area (Å²) in [6.45, 7) is 7.22. The molecule has 0 amide bonds. The summed E-state index contributed by atoms with van der Waals surface area (Å²) in [4.78, 5) is 4.21. The normalized spacial score (nSPS) is 12.0.